The van der Waals surface area contributed by atoms with Crippen LogP contribution in [0.25, 0.3) is 16.8 Å². The zero-order chi connectivity index (χ0) is 26.6. The third-order valence-corrected chi connectivity index (χ3v) is 6.87. The monoisotopic (exact) mass is 517 g/mol. The van der Waals surface area contributed by atoms with Crippen molar-refractivity contribution in [2.75, 3.05) is 10.6 Å². The Labute approximate surface area is 215 Å². The number of amides is 2. The molecule has 0 fully saturated rings. The van der Waals surface area contributed by atoms with Gasteiger partial charge in [0.25, 0.3) is 10.0 Å². The minimum atomic E-state index is -3.80. The van der Waals surface area contributed by atoms with Crippen LogP contribution in [0, 0.1) is 0 Å². The molecule has 0 atom stereocenters. The van der Waals surface area contributed by atoms with Crippen LogP contribution in [0.5, 0.6) is 0 Å². The summed E-state index contributed by atoms with van der Waals surface area (Å²) in [5.41, 5.74) is 0.633. The Morgan fingerprint density at radius 2 is 1.51 bits per heavy atom. The number of carbonyl (C=O) groups excluding carboxylic acids is 2. The first-order valence-electron chi connectivity index (χ1n) is 11.5. The lowest BCUT2D eigenvalue weighted by molar-refractivity contribution is -0.111. The first-order valence-corrected chi connectivity index (χ1v) is 13.0. The van der Waals surface area contributed by atoms with Gasteiger partial charge in [-0.1, -0.05) is 42.5 Å². The predicted molar refractivity (Wildman–Crippen MR) is 145 cm³/mol. The van der Waals surface area contributed by atoms with Crippen molar-refractivity contribution in [2.45, 2.75) is 31.3 Å². The van der Waals surface area contributed by atoms with E-state index in [2.05, 4.69) is 10.6 Å². The molecule has 2 amide bonds. The Morgan fingerprint density at radius 1 is 0.865 bits per heavy atom. The SMILES string of the molecule is CC(C)(C)OC(=O)Nc1ccccc1NC(=O)C=Cc1ccn(S(=O)(=O)c2ccc3ccccc3c2)c1. The van der Waals surface area contributed by atoms with Gasteiger partial charge in [-0.2, -0.15) is 0 Å². The molecule has 1 heterocycles. The summed E-state index contributed by atoms with van der Waals surface area (Å²) in [6, 6.07) is 20.8. The number of para-hydroxylation sites is 2. The van der Waals surface area contributed by atoms with E-state index in [0.717, 1.165) is 14.7 Å². The molecule has 3 aromatic carbocycles. The highest BCUT2D eigenvalue weighted by atomic mass is 32.2. The lowest BCUT2D eigenvalue weighted by Crippen LogP contribution is -2.27. The first kappa shape index (κ1) is 25.7. The maximum atomic E-state index is 13.1. The highest BCUT2D eigenvalue weighted by molar-refractivity contribution is 7.90. The van der Waals surface area contributed by atoms with Gasteiger partial charge < -0.3 is 10.1 Å². The summed E-state index contributed by atoms with van der Waals surface area (Å²) >= 11 is 0. The number of carbonyl (C=O) groups is 2. The van der Waals surface area contributed by atoms with E-state index in [4.69, 9.17) is 4.74 Å². The third-order valence-electron chi connectivity index (χ3n) is 5.23. The minimum absolute atomic E-state index is 0.171. The summed E-state index contributed by atoms with van der Waals surface area (Å²) in [7, 11) is -3.80. The molecule has 4 rings (SSSR count). The third kappa shape index (κ3) is 6.45. The van der Waals surface area contributed by atoms with Gasteiger partial charge in [-0.3, -0.25) is 10.1 Å². The standard InChI is InChI=1S/C28H27N3O5S/c1-28(2,3)36-27(33)30-25-11-7-6-10-24(25)29-26(32)15-12-20-16-17-31(19-20)37(34,35)23-14-13-21-8-4-5-9-22(21)18-23/h4-19H,1-3H3,(H,29,32)(H,30,33). The molecule has 0 aliphatic rings. The van der Waals surface area contributed by atoms with Gasteiger partial charge >= 0.3 is 6.09 Å². The van der Waals surface area contributed by atoms with Crippen molar-refractivity contribution >= 4 is 50.2 Å². The molecule has 0 aliphatic carbocycles. The Kier molecular flexibility index (Phi) is 7.17. The van der Waals surface area contributed by atoms with Crippen LogP contribution in [0.1, 0.15) is 26.3 Å². The van der Waals surface area contributed by atoms with Crippen molar-refractivity contribution in [3.63, 3.8) is 0 Å². The van der Waals surface area contributed by atoms with Crippen LogP contribution in [0.2, 0.25) is 0 Å². The fourth-order valence-electron chi connectivity index (χ4n) is 3.55. The van der Waals surface area contributed by atoms with Gasteiger partial charge in [0, 0.05) is 18.5 Å². The van der Waals surface area contributed by atoms with Gasteiger partial charge in [0.1, 0.15) is 5.60 Å². The largest absolute Gasteiger partial charge is 0.444 e. The fraction of sp³-hybridized carbons (Fsp3) is 0.143. The van der Waals surface area contributed by atoms with Crippen molar-refractivity contribution in [2.24, 2.45) is 0 Å². The fourth-order valence-corrected chi connectivity index (χ4v) is 4.79. The second-order valence-corrected chi connectivity index (χ2v) is 11.1. The highest BCUT2D eigenvalue weighted by Crippen LogP contribution is 2.23. The second kappa shape index (κ2) is 10.3. The number of nitrogens with zero attached hydrogens (tertiary/aromatic N) is 1. The van der Waals surface area contributed by atoms with Crippen LogP contribution in [0.4, 0.5) is 16.2 Å². The van der Waals surface area contributed by atoms with E-state index in [1.165, 1.54) is 24.5 Å². The van der Waals surface area contributed by atoms with Gasteiger partial charge in [-0.05, 0) is 73.5 Å². The Balaban J connectivity index is 1.45. The lowest BCUT2D eigenvalue weighted by Gasteiger charge is -2.20. The molecule has 0 saturated heterocycles. The number of anilines is 2. The number of benzene rings is 3. The second-order valence-electron chi connectivity index (χ2n) is 9.28. The molecule has 4 aromatic rings. The van der Waals surface area contributed by atoms with E-state index >= 15 is 0 Å². The van der Waals surface area contributed by atoms with Gasteiger partial charge in [0.2, 0.25) is 5.91 Å². The number of ether oxygens (including phenoxy) is 1. The van der Waals surface area contributed by atoms with Crippen molar-refractivity contribution in [1.82, 2.24) is 3.97 Å². The van der Waals surface area contributed by atoms with E-state index in [9.17, 15) is 18.0 Å². The molecule has 190 valence electrons. The van der Waals surface area contributed by atoms with Crippen molar-refractivity contribution in [3.05, 3.63) is 96.8 Å². The normalized spacial score (nSPS) is 12.0. The first-order chi connectivity index (χ1) is 17.5. The zero-order valence-corrected chi connectivity index (χ0v) is 21.5. The molecule has 0 spiro atoms. The Morgan fingerprint density at radius 3 is 2.22 bits per heavy atom. The maximum Gasteiger partial charge on any atom is 0.412 e. The molecule has 8 nitrogen and oxygen atoms in total. The van der Waals surface area contributed by atoms with Crippen LogP contribution in [-0.2, 0) is 19.6 Å². The highest BCUT2D eigenvalue weighted by Gasteiger charge is 2.18. The van der Waals surface area contributed by atoms with E-state index in [1.54, 1.807) is 69.3 Å². The van der Waals surface area contributed by atoms with Gasteiger partial charge in [0.05, 0.1) is 16.3 Å². The van der Waals surface area contributed by atoms with E-state index in [1.807, 2.05) is 24.3 Å². The van der Waals surface area contributed by atoms with Crippen molar-refractivity contribution < 1.29 is 22.7 Å². The van der Waals surface area contributed by atoms with Gasteiger partial charge in [-0.15, -0.1) is 0 Å². The van der Waals surface area contributed by atoms with Crippen molar-refractivity contribution in [1.29, 1.82) is 0 Å². The molecule has 0 bridgehead atoms. The van der Waals surface area contributed by atoms with Crippen molar-refractivity contribution in [3.8, 4) is 0 Å². The summed E-state index contributed by atoms with van der Waals surface area (Å²) in [5, 5.41) is 7.11. The van der Waals surface area contributed by atoms with E-state index in [-0.39, 0.29) is 4.90 Å². The maximum absolute atomic E-state index is 13.1. The summed E-state index contributed by atoms with van der Waals surface area (Å²) in [6.45, 7) is 5.27. The summed E-state index contributed by atoms with van der Waals surface area (Å²) in [4.78, 5) is 24.8. The van der Waals surface area contributed by atoms with Crippen LogP contribution < -0.4 is 10.6 Å². The average Bonchev–Trinajstić information content (AvgIpc) is 3.32. The molecule has 0 saturated carbocycles. The van der Waals surface area contributed by atoms with Crippen LogP contribution >= 0.6 is 0 Å². The molecule has 1 aromatic heterocycles. The molecule has 37 heavy (non-hydrogen) atoms. The minimum Gasteiger partial charge on any atom is -0.444 e. The molecular weight excluding hydrogens is 490 g/mol. The summed E-state index contributed by atoms with van der Waals surface area (Å²) in [6.07, 6.45) is 5.02. The molecule has 0 unspecified atom stereocenters. The lowest BCUT2D eigenvalue weighted by atomic mass is 10.1. The Hall–Kier alpha value is -4.37. The smallest absolute Gasteiger partial charge is 0.412 e. The summed E-state index contributed by atoms with van der Waals surface area (Å²) < 4.78 is 32.6. The number of fused-ring (bicyclic) bond motifs is 1. The molecule has 9 heteroatoms. The topological polar surface area (TPSA) is 106 Å². The van der Waals surface area contributed by atoms with E-state index < -0.39 is 27.6 Å². The predicted octanol–water partition coefficient (Wildman–Crippen LogP) is 5.88. The number of hydrogen-bond donors (Lipinski definition) is 2. The quantitative estimate of drug-likeness (QED) is 0.311. The molecular formula is C28H27N3O5S. The molecule has 2 N–H and O–H groups in total. The molecule has 0 radical (unpaired) electrons. The number of aromatic nitrogens is 1. The number of rotatable bonds is 6. The van der Waals surface area contributed by atoms with E-state index in [0.29, 0.717) is 16.9 Å². The molecule has 0 aliphatic heterocycles. The van der Waals surface area contributed by atoms with Gasteiger partial charge in [-0.25, -0.2) is 17.2 Å². The van der Waals surface area contributed by atoms with Crippen LogP contribution in [-0.4, -0.2) is 30.0 Å². The van der Waals surface area contributed by atoms with Crippen LogP contribution in [0.15, 0.2) is 96.2 Å². The average molecular weight is 518 g/mol. The summed E-state index contributed by atoms with van der Waals surface area (Å²) in [5.74, 6) is -0.455. The number of nitrogens with one attached hydrogen (secondary N) is 2. The van der Waals surface area contributed by atoms with Crippen LogP contribution in [0.3, 0.4) is 0 Å². The number of hydrogen-bond acceptors (Lipinski definition) is 5. The van der Waals surface area contributed by atoms with Gasteiger partial charge in [0.15, 0.2) is 0 Å². The Bertz CT molecular complexity index is 1600. The zero-order valence-electron chi connectivity index (χ0n) is 20.6.